The van der Waals surface area contributed by atoms with Crippen LogP contribution in [0.5, 0.6) is 0 Å². The summed E-state index contributed by atoms with van der Waals surface area (Å²) < 4.78 is 0. The molecule has 0 spiro atoms. The van der Waals surface area contributed by atoms with Crippen LogP contribution in [0.4, 0.5) is 11.4 Å². The summed E-state index contributed by atoms with van der Waals surface area (Å²) >= 11 is 18.2. The van der Waals surface area contributed by atoms with Gasteiger partial charge >= 0.3 is 0 Å². The molecule has 0 aliphatic heterocycles. The quantitative estimate of drug-likeness (QED) is 0.763. The number of halogens is 3. The van der Waals surface area contributed by atoms with Crippen LogP contribution in [0.2, 0.25) is 15.1 Å². The van der Waals surface area contributed by atoms with Crippen molar-refractivity contribution >= 4 is 58.0 Å². The Hall–Kier alpha value is -1.75. The van der Waals surface area contributed by atoms with Gasteiger partial charge in [0.05, 0.1) is 21.4 Å². The predicted octanol–water partition coefficient (Wildman–Crippen LogP) is 5.26. The highest BCUT2D eigenvalue weighted by atomic mass is 35.5. The first kappa shape index (κ1) is 19.6. The maximum atomic E-state index is 12.4. The summed E-state index contributed by atoms with van der Waals surface area (Å²) in [5, 5.41) is 3.88. The number of hydrogen-bond acceptors (Lipinski definition) is 2. The van der Waals surface area contributed by atoms with Crippen LogP contribution < -0.4 is 10.2 Å². The zero-order chi connectivity index (χ0) is 18.7. The minimum Gasteiger partial charge on any atom is -0.323 e. The highest BCUT2D eigenvalue weighted by molar-refractivity contribution is 6.37. The number of anilines is 2. The average molecular weight is 400 g/mol. The first-order valence-electron chi connectivity index (χ1n) is 7.48. The lowest BCUT2D eigenvalue weighted by Gasteiger charge is -2.24. The first-order valence-corrected chi connectivity index (χ1v) is 8.62. The fraction of sp³-hybridized carbons (Fsp3) is 0.222. The van der Waals surface area contributed by atoms with Crippen LogP contribution >= 0.6 is 34.8 Å². The lowest BCUT2D eigenvalue weighted by molar-refractivity contribution is -0.120. The molecule has 2 rings (SSSR count). The number of hydrogen-bond donors (Lipinski definition) is 1. The molecule has 4 nitrogen and oxygen atoms in total. The highest BCUT2D eigenvalue weighted by Gasteiger charge is 2.21. The second kappa shape index (κ2) is 8.09. The molecule has 0 fully saturated rings. The van der Waals surface area contributed by atoms with E-state index in [0.717, 1.165) is 11.1 Å². The molecular formula is C18H17Cl3N2O2. The van der Waals surface area contributed by atoms with E-state index in [9.17, 15) is 9.59 Å². The standard InChI is InChI=1S/C18H17Cl3N2O2/c1-10-6-11(2)18(15(21)7-10)23(12(3)24)9-17(25)22-16-5-4-13(19)8-14(16)20/h4-8H,9H2,1-3H3,(H,22,25). The molecule has 0 saturated carbocycles. The van der Waals surface area contributed by atoms with Crippen molar-refractivity contribution in [1.29, 1.82) is 0 Å². The van der Waals surface area contributed by atoms with Gasteiger partial charge in [0, 0.05) is 11.9 Å². The van der Waals surface area contributed by atoms with Crippen LogP contribution in [-0.4, -0.2) is 18.4 Å². The fourth-order valence-corrected chi connectivity index (χ4v) is 3.40. The maximum absolute atomic E-state index is 12.4. The Morgan fingerprint density at radius 3 is 2.28 bits per heavy atom. The summed E-state index contributed by atoms with van der Waals surface area (Å²) in [5.41, 5.74) is 2.74. The molecule has 7 heteroatoms. The van der Waals surface area contributed by atoms with Crippen LogP contribution in [0, 0.1) is 13.8 Å². The van der Waals surface area contributed by atoms with Crippen molar-refractivity contribution in [2.75, 3.05) is 16.8 Å². The fourth-order valence-electron chi connectivity index (χ4n) is 2.52. The van der Waals surface area contributed by atoms with Gasteiger partial charge in [-0.2, -0.15) is 0 Å². The van der Waals surface area contributed by atoms with Crippen molar-refractivity contribution in [2.45, 2.75) is 20.8 Å². The van der Waals surface area contributed by atoms with E-state index in [1.54, 1.807) is 18.2 Å². The van der Waals surface area contributed by atoms with Gasteiger partial charge in [0.15, 0.2) is 0 Å². The van der Waals surface area contributed by atoms with Crippen LogP contribution in [0.15, 0.2) is 30.3 Å². The topological polar surface area (TPSA) is 49.4 Å². The summed E-state index contributed by atoms with van der Waals surface area (Å²) in [4.78, 5) is 25.8. The number of nitrogens with one attached hydrogen (secondary N) is 1. The van der Waals surface area contributed by atoms with Crippen LogP contribution in [0.3, 0.4) is 0 Å². The number of rotatable bonds is 4. The average Bonchev–Trinajstić information content (AvgIpc) is 2.48. The number of nitrogens with zero attached hydrogens (tertiary/aromatic N) is 1. The van der Waals surface area contributed by atoms with Gasteiger partial charge in [-0.1, -0.05) is 40.9 Å². The summed E-state index contributed by atoms with van der Waals surface area (Å²) in [7, 11) is 0. The molecule has 0 aliphatic rings. The SMILES string of the molecule is CC(=O)N(CC(=O)Nc1ccc(Cl)cc1Cl)c1c(C)cc(C)cc1Cl. The highest BCUT2D eigenvalue weighted by Crippen LogP contribution is 2.31. The Bertz CT molecular complexity index is 814. The van der Waals surface area contributed by atoms with Gasteiger partial charge in [0.2, 0.25) is 11.8 Å². The lowest BCUT2D eigenvalue weighted by Crippen LogP contribution is -2.37. The second-order valence-corrected chi connectivity index (χ2v) is 6.94. The molecule has 0 saturated heterocycles. The van der Waals surface area contributed by atoms with Gasteiger partial charge in [-0.3, -0.25) is 9.59 Å². The Balaban J connectivity index is 2.25. The Morgan fingerprint density at radius 1 is 1.04 bits per heavy atom. The van der Waals surface area contributed by atoms with Gasteiger partial charge < -0.3 is 10.2 Å². The largest absolute Gasteiger partial charge is 0.323 e. The Labute approximate surface area is 161 Å². The third kappa shape index (κ3) is 4.88. The third-order valence-corrected chi connectivity index (χ3v) is 4.39. The second-order valence-electron chi connectivity index (χ2n) is 5.69. The lowest BCUT2D eigenvalue weighted by atomic mass is 10.1. The summed E-state index contributed by atoms with van der Waals surface area (Å²) in [6.07, 6.45) is 0. The van der Waals surface area contributed by atoms with Crippen molar-refractivity contribution in [1.82, 2.24) is 0 Å². The number of carbonyl (C=O) groups is 2. The van der Waals surface area contributed by atoms with E-state index in [0.29, 0.717) is 26.4 Å². The van der Waals surface area contributed by atoms with E-state index in [1.807, 2.05) is 19.9 Å². The molecule has 0 unspecified atom stereocenters. The van der Waals surface area contributed by atoms with Gasteiger partial charge in [0.1, 0.15) is 6.54 Å². The maximum Gasteiger partial charge on any atom is 0.244 e. The minimum atomic E-state index is -0.393. The zero-order valence-electron chi connectivity index (χ0n) is 14.0. The normalized spacial score (nSPS) is 10.5. The van der Waals surface area contributed by atoms with Crippen LogP contribution in [0.1, 0.15) is 18.1 Å². The van der Waals surface area contributed by atoms with Gasteiger partial charge in [-0.05, 0) is 49.2 Å². The monoisotopic (exact) mass is 398 g/mol. The molecular weight excluding hydrogens is 383 g/mol. The Kier molecular flexibility index (Phi) is 6.33. The van der Waals surface area contributed by atoms with Gasteiger partial charge in [-0.25, -0.2) is 0 Å². The Morgan fingerprint density at radius 2 is 1.72 bits per heavy atom. The first-order chi connectivity index (χ1) is 11.7. The molecule has 2 amide bonds. The molecule has 0 aromatic heterocycles. The van der Waals surface area contributed by atoms with Crippen molar-refractivity contribution in [3.05, 3.63) is 56.5 Å². The number of carbonyl (C=O) groups excluding carboxylic acids is 2. The van der Waals surface area contributed by atoms with E-state index in [2.05, 4.69) is 5.32 Å². The molecule has 2 aromatic rings. The summed E-state index contributed by atoms with van der Waals surface area (Å²) in [6, 6.07) is 8.42. The van der Waals surface area contributed by atoms with Crippen LogP contribution in [0.25, 0.3) is 0 Å². The molecule has 0 aliphatic carbocycles. The van der Waals surface area contributed by atoms with Crippen molar-refractivity contribution in [2.24, 2.45) is 0 Å². The molecule has 0 bridgehead atoms. The number of aryl methyl sites for hydroxylation is 2. The zero-order valence-corrected chi connectivity index (χ0v) is 16.3. The van der Waals surface area contributed by atoms with E-state index < -0.39 is 5.91 Å². The van der Waals surface area contributed by atoms with E-state index >= 15 is 0 Å². The smallest absolute Gasteiger partial charge is 0.244 e. The van der Waals surface area contributed by atoms with E-state index in [4.69, 9.17) is 34.8 Å². The molecule has 25 heavy (non-hydrogen) atoms. The van der Waals surface area contributed by atoms with E-state index in [1.165, 1.54) is 17.9 Å². The predicted molar refractivity (Wildman–Crippen MR) is 104 cm³/mol. The number of benzene rings is 2. The van der Waals surface area contributed by atoms with Gasteiger partial charge in [-0.15, -0.1) is 0 Å². The van der Waals surface area contributed by atoms with Crippen molar-refractivity contribution in [3.8, 4) is 0 Å². The molecule has 0 heterocycles. The summed E-state index contributed by atoms with van der Waals surface area (Å²) in [5.74, 6) is -0.679. The molecule has 1 N–H and O–H groups in total. The number of amides is 2. The summed E-state index contributed by atoms with van der Waals surface area (Å²) in [6.45, 7) is 4.96. The van der Waals surface area contributed by atoms with Crippen molar-refractivity contribution in [3.63, 3.8) is 0 Å². The molecule has 0 radical (unpaired) electrons. The van der Waals surface area contributed by atoms with Gasteiger partial charge in [0.25, 0.3) is 0 Å². The third-order valence-electron chi connectivity index (χ3n) is 3.56. The molecule has 132 valence electrons. The van der Waals surface area contributed by atoms with Crippen molar-refractivity contribution < 1.29 is 9.59 Å². The van der Waals surface area contributed by atoms with Crippen LogP contribution in [-0.2, 0) is 9.59 Å². The van der Waals surface area contributed by atoms with E-state index in [-0.39, 0.29) is 12.5 Å². The molecule has 2 aromatic carbocycles. The minimum absolute atomic E-state index is 0.183. The molecule has 0 atom stereocenters.